The highest BCUT2D eigenvalue weighted by Gasteiger charge is 2.15. The molecule has 10 nitrogen and oxygen atoms in total. The molecule has 1 aromatic heterocycles. The summed E-state index contributed by atoms with van der Waals surface area (Å²) in [5.41, 5.74) is 7.40. The molecule has 0 saturated carbocycles. The second kappa shape index (κ2) is 10.5. The molecule has 2 amide bonds. The smallest absolute Gasteiger partial charge is 0.269 e. The van der Waals surface area contributed by atoms with Crippen LogP contribution in [0.5, 0.6) is 0 Å². The molecule has 3 N–H and O–H groups in total. The molecule has 0 atom stereocenters. The Morgan fingerprint density at radius 3 is 2.42 bits per heavy atom. The third-order valence-electron chi connectivity index (χ3n) is 4.41. The average molecular weight is 489 g/mol. The number of nitrogens with zero attached hydrogens (tertiary/aromatic N) is 3. The van der Waals surface area contributed by atoms with Crippen LogP contribution in [0.3, 0.4) is 0 Å². The topological polar surface area (TPSA) is 135 Å². The SMILES string of the molecule is CCn1c(SCC(=O)NNC(=O)c2cccc(C)c2)nnc1-c1ccc(NS(C)(=O)=O)cc1. The van der Waals surface area contributed by atoms with E-state index in [4.69, 9.17) is 0 Å². The highest BCUT2D eigenvalue weighted by Crippen LogP contribution is 2.25. The molecule has 3 aromatic rings. The average Bonchev–Trinajstić information content (AvgIpc) is 3.18. The molecule has 0 aliphatic rings. The lowest BCUT2D eigenvalue weighted by atomic mass is 10.1. The van der Waals surface area contributed by atoms with Crippen molar-refractivity contribution in [3.63, 3.8) is 0 Å². The van der Waals surface area contributed by atoms with Crippen molar-refractivity contribution in [2.45, 2.75) is 25.5 Å². The number of hydrogen-bond acceptors (Lipinski definition) is 7. The van der Waals surface area contributed by atoms with E-state index >= 15 is 0 Å². The summed E-state index contributed by atoms with van der Waals surface area (Å²) >= 11 is 1.19. The molecule has 0 aliphatic heterocycles. The van der Waals surface area contributed by atoms with Gasteiger partial charge in [0.25, 0.3) is 5.91 Å². The van der Waals surface area contributed by atoms with E-state index in [0.717, 1.165) is 17.4 Å². The molecule has 33 heavy (non-hydrogen) atoms. The van der Waals surface area contributed by atoms with Crippen LogP contribution in [0.25, 0.3) is 11.4 Å². The quantitative estimate of drug-likeness (QED) is 0.327. The number of anilines is 1. The second-order valence-electron chi connectivity index (χ2n) is 7.16. The number of carbonyl (C=O) groups excluding carboxylic acids is 2. The summed E-state index contributed by atoms with van der Waals surface area (Å²) in [6, 6.07) is 13.8. The highest BCUT2D eigenvalue weighted by molar-refractivity contribution is 7.99. The largest absolute Gasteiger partial charge is 0.302 e. The van der Waals surface area contributed by atoms with E-state index in [2.05, 4.69) is 25.8 Å². The predicted molar refractivity (Wildman–Crippen MR) is 127 cm³/mol. The molecule has 0 bridgehead atoms. The number of aryl methyl sites for hydroxylation is 1. The number of hydrogen-bond donors (Lipinski definition) is 3. The Hall–Kier alpha value is -3.38. The zero-order valence-electron chi connectivity index (χ0n) is 18.3. The zero-order chi connectivity index (χ0) is 24.0. The van der Waals surface area contributed by atoms with Crippen LogP contribution in [0.4, 0.5) is 5.69 Å². The molecule has 0 saturated heterocycles. The van der Waals surface area contributed by atoms with Crippen LogP contribution in [0.2, 0.25) is 0 Å². The van der Waals surface area contributed by atoms with Gasteiger partial charge in [-0.05, 0) is 50.2 Å². The number of hydrazine groups is 1. The van der Waals surface area contributed by atoms with Crippen molar-refractivity contribution in [2.24, 2.45) is 0 Å². The minimum Gasteiger partial charge on any atom is -0.302 e. The Morgan fingerprint density at radius 2 is 1.79 bits per heavy atom. The first-order valence-corrected chi connectivity index (χ1v) is 12.8. The van der Waals surface area contributed by atoms with Crippen molar-refractivity contribution in [1.82, 2.24) is 25.6 Å². The maximum absolute atomic E-state index is 12.2. The summed E-state index contributed by atoms with van der Waals surface area (Å²) in [5.74, 6) is -0.156. The first-order chi connectivity index (χ1) is 15.7. The van der Waals surface area contributed by atoms with Gasteiger partial charge >= 0.3 is 0 Å². The molecular formula is C21H24N6O4S2. The normalized spacial score (nSPS) is 11.1. The van der Waals surface area contributed by atoms with Crippen LogP contribution < -0.4 is 15.6 Å². The Kier molecular flexibility index (Phi) is 7.71. The molecule has 12 heteroatoms. The standard InChI is InChI=1S/C21H24N6O4S2/c1-4-27-19(15-8-10-17(11-9-15)26-33(3,30)31)23-25-21(27)32-13-18(28)22-24-20(29)16-7-5-6-14(2)12-16/h5-12,26H,4,13H2,1-3H3,(H,22,28)(H,24,29). The number of benzene rings is 2. The molecular weight excluding hydrogens is 464 g/mol. The van der Waals surface area contributed by atoms with E-state index in [9.17, 15) is 18.0 Å². The Balaban J connectivity index is 1.59. The highest BCUT2D eigenvalue weighted by atomic mass is 32.2. The summed E-state index contributed by atoms with van der Waals surface area (Å²) in [5, 5.41) is 8.93. The van der Waals surface area contributed by atoms with Crippen molar-refractivity contribution in [3.8, 4) is 11.4 Å². The fourth-order valence-electron chi connectivity index (χ4n) is 2.95. The fourth-order valence-corrected chi connectivity index (χ4v) is 4.31. The second-order valence-corrected chi connectivity index (χ2v) is 9.85. The Labute approximate surface area is 196 Å². The van der Waals surface area contributed by atoms with E-state index < -0.39 is 15.9 Å². The number of carbonyl (C=O) groups is 2. The Bertz CT molecular complexity index is 1260. The summed E-state index contributed by atoms with van der Waals surface area (Å²) in [6.45, 7) is 4.38. The van der Waals surface area contributed by atoms with E-state index in [1.807, 2.05) is 24.5 Å². The molecule has 0 fully saturated rings. The van der Waals surface area contributed by atoms with Crippen molar-refractivity contribution >= 4 is 39.3 Å². The summed E-state index contributed by atoms with van der Waals surface area (Å²) in [4.78, 5) is 24.3. The van der Waals surface area contributed by atoms with Gasteiger partial charge in [-0.15, -0.1) is 10.2 Å². The molecule has 0 unspecified atom stereocenters. The van der Waals surface area contributed by atoms with Crippen molar-refractivity contribution in [2.75, 3.05) is 16.7 Å². The van der Waals surface area contributed by atoms with Crippen molar-refractivity contribution in [3.05, 3.63) is 59.7 Å². The summed E-state index contributed by atoms with van der Waals surface area (Å²) < 4.78 is 27.0. The number of sulfonamides is 1. The maximum Gasteiger partial charge on any atom is 0.269 e. The number of nitrogens with one attached hydrogen (secondary N) is 3. The van der Waals surface area contributed by atoms with E-state index in [-0.39, 0.29) is 11.7 Å². The fraction of sp³-hybridized carbons (Fsp3) is 0.238. The van der Waals surface area contributed by atoms with Crippen LogP contribution in [0.15, 0.2) is 53.7 Å². The lowest BCUT2D eigenvalue weighted by Crippen LogP contribution is -2.42. The van der Waals surface area contributed by atoms with Gasteiger partial charge in [-0.2, -0.15) is 0 Å². The van der Waals surface area contributed by atoms with Crippen LogP contribution in [0.1, 0.15) is 22.8 Å². The van der Waals surface area contributed by atoms with Crippen LogP contribution >= 0.6 is 11.8 Å². The zero-order valence-corrected chi connectivity index (χ0v) is 20.0. The van der Waals surface area contributed by atoms with Crippen LogP contribution in [0, 0.1) is 6.92 Å². The predicted octanol–water partition coefficient (Wildman–Crippen LogP) is 2.20. The molecule has 0 radical (unpaired) electrons. The van der Waals surface area contributed by atoms with Crippen LogP contribution in [-0.2, 0) is 21.4 Å². The van der Waals surface area contributed by atoms with Gasteiger partial charge in [-0.3, -0.25) is 25.2 Å². The molecule has 0 spiro atoms. The van der Waals surface area contributed by atoms with Gasteiger partial charge in [-0.1, -0.05) is 29.5 Å². The molecule has 0 aliphatic carbocycles. The molecule has 174 valence electrons. The van der Waals surface area contributed by atoms with Gasteiger partial charge in [-0.25, -0.2) is 8.42 Å². The molecule has 3 rings (SSSR count). The lowest BCUT2D eigenvalue weighted by Gasteiger charge is -2.09. The number of thioether (sulfide) groups is 1. The molecule has 1 heterocycles. The Morgan fingerprint density at radius 1 is 1.06 bits per heavy atom. The van der Waals surface area contributed by atoms with Gasteiger partial charge in [0, 0.05) is 23.4 Å². The molecule has 2 aromatic carbocycles. The van der Waals surface area contributed by atoms with Crippen molar-refractivity contribution < 1.29 is 18.0 Å². The third-order valence-corrected chi connectivity index (χ3v) is 5.98. The van der Waals surface area contributed by atoms with Gasteiger partial charge in [0.1, 0.15) is 0 Å². The van der Waals surface area contributed by atoms with Gasteiger partial charge in [0.05, 0.1) is 12.0 Å². The first kappa shape index (κ1) is 24.3. The lowest BCUT2D eigenvalue weighted by molar-refractivity contribution is -0.119. The maximum atomic E-state index is 12.2. The van der Waals surface area contributed by atoms with E-state index in [1.54, 1.807) is 42.5 Å². The van der Waals surface area contributed by atoms with E-state index in [1.165, 1.54) is 11.8 Å². The number of rotatable bonds is 8. The monoisotopic (exact) mass is 488 g/mol. The van der Waals surface area contributed by atoms with Crippen molar-refractivity contribution in [1.29, 1.82) is 0 Å². The minimum absolute atomic E-state index is 0.0312. The third kappa shape index (κ3) is 6.80. The number of aromatic nitrogens is 3. The van der Waals surface area contributed by atoms with Gasteiger partial charge in [0.2, 0.25) is 15.9 Å². The minimum atomic E-state index is -3.36. The van der Waals surface area contributed by atoms with E-state index in [0.29, 0.717) is 28.8 Å². The summed E-state index contributed by atoms with van der Waals surface area (Å²) in [6.07, 6.45) is 1.09. The first-order valence-electron chi connectivity index (χ1n) is 9.96. The summed E-state index contributed by atoms with van der Waals surface area (Å²) in [7, 11) is -3.36. The van der Waals surface area contributed by atoms with Gasteiger partial charge < -0.3 is 4.57 Å². The van der Waals surface area contributed by atoms with Crippen LogP contribution in [-0.4, -0.2) is 47.0 Å². The number of amides is 2. The van der Waals surface area contributed by atoms with Gasteiger partial charge in [0.15, 0.2) is 11.0 Å².